The quantitative estimate of drug-likeness (QED) is 0.0329. The lowest BCUT2D eigenvalue weighted by molar-refractivity contribution is -0.137. The summed E-state index contributed by atoms with van der Waals surface area (Å²) in [5.74, 6) is -1.60. The first kappa shape index (κ1) is 51.1. The highest BCUT2D eigenvalue weighted by atomic mass is 19.4. The molecular formula is C50H51BF5N11O4. The van der Waals surface area contributed by atoms with Crippen LogP contribution in [0.1, 0.15) is 63.5 Å². The van der Waals surface area contributed by atoms with Crippen LogP contribution in [-0.4, -0.2) is 107 Å². The maximum atomic E-state index is 14.0. The number of nitrogens with zero attached hydrogens (tertiary/aromatic N) is 6. The lowest BCUT2D eigenvalue weighted by Crippen LogP contribution is -2.48. The van der Waals surface area contributed by atoms with Gasteiger partial charge in [-0.3, -0.25) is 42.6 Å². The third-order valence-corrected chi connectivity index (χ3v) is 11.6. The van der Waals surface area contributed by atoms with Crippen LogP contribution >= 0.6 is 0 Å². The Morgan fingerprint density at radius 1 is 0.775 bits per heavy atom. The molecule has 71 heavy (non-hydrogen) atoms. The van der Waals surface area contributed by atoms with Crippen LogP contribution in [0.15, 0.2) is 126 Å². The first-order chi connectivity index (χ1) is 34.0. The fourth-order valence-electron chi connectivity index (χ4n) is 7.87. The number of benzene rings is 3. The van der Waals surface area contributed by atoms with E-state index in [9.17, 15) is 41.0 Å². The van der Waals surface area contributed by atoms with Crippen molar-refractivity contribution in [3.05, 3.63) is 154 Å². The van der Waals surface area contributed by atoms with Gasteiger partial charge in [-0.2, -0.15) is 13.2 Å². The molecule has 0 bridgehead atoms. The number of piperazine rings is 1. The SMILES string of the molecule is CC1=CC(C)=N/C1=C\c1ccc(CCC(=O)NCCN2CCN(C/C=C/C(=O)Nc3cccc(Nc4ncc(NC(=O)c5cc(NC(=O)c6cccc(C(F)(F)F)c6)ccc5C)cn4)c3)CC2)n1B(F)F. The van der Waals surface area contributed by atoms with E-state index >= 15 is 0 Å². The third-order valence-electron chi connectivity index (χ3n) is 11.6. The standard InChI is InChI=1S/C50H51BF5N11O4/c1-32-12-13-39(62-47(70)35-7-4-8-36(26-35)50(52,53)54)28-43(32)48(71)63-40-30-58-49(59-31-40)64-38-10-5-9-37(27-38)61-46(69)11-6-19-65-21-23-66(24-22-65)20-18-57-45(68)17-16-41-14-15-42(67(41)51(55)56)29-44-33(2)25-34(3)60-44/h4-15,25-31H,16-24H2,1-3H3,(H,57,68)(H,61,69)(H,62,70)(H,63,71)(H,58,59,64)/b11-6+,44-29-. The van der Waals surface area contributed by atoms with Crippen LogP contribution in [0.3, 0.4) is 0 Å². The molecule has 2 aliphatic rings. The second kappa shape index (κ2) is 23.2. The number of halogens is 5. The Bertz CT molecular complexity index is 2890. The Morgan fingerprint density at radius 3 is 2.20 bits per heavy atom. The fraction of sp³-hybridized carbons (Fsp3) is 0.260. The average molecular weight is 976 g/mol. The molecule has 4 heterocycles. The van der Waals surface area contributed by atoms with E-state index in [0.29, 0.717) is 53.7 Å². The van der Waals surface area contributed by atoms with Crippen molar-refractivity contribution in [2.45, 2.75) is 39.8 Å². The van der Waals surface area contributed by atoms with Crippen LogP contribution in [0.5, 0.6) is 0 Å². The zero-order valence-corrected chi connectivity index (χ0v) is 39.1. The molecule has 0 radical (unpaired) electrons. The van der Waals surface area contributed by atoms with Gasteiger partial charge in [0.05, 0.1) is 29.3 Å². The molecule has 0 aliphatic carbocycles. The maximum Gasteiger partial charge on any atom is 0.677 e. The number of carbonyl (C=O) groups excluding carboxylic acids is 4. The van der Waals surface area contributed by atoms with Crippen molar-refractivity contribution < 1.29 is 41.0 Å². The lowest BCUT2D eigenvalue weighted by atomic mass is 10.1. The average Bonchev–Trinajstić information content (AvgIpc) is 3.89. The third kappa shape index (κ3) is 14.4. The summed E-state index contributed by atoms with van der Waals surface area (Å²) in [6.07, 6.45) is 5.26. The molecule has 7 rings (SSSR count). The van der Waals surface area contributed by atoms with Crippen LogP contribution < -0.4 is 26.6 Å². The van der Waals surface area contributed by atoms with Gasteiger partial charge in [0.1, 0.15) is 0 Å². The highest BCUT2D eigenvalue weighted by molar-refractivity contribution is 6.41. The first-order valence-corrected chi connectivity index (χ1v) is 22.7. The molecular weight excluding hydrogens is 924 g/mol. The molecule has 368 valence electrons. The van der Waals surface area contributed by atoms with E-state index < -0.39 is 31.0 Å². The number of hydrogen-bond donors (Lipinski definition) is 5. The number of aliphatic imine (C=N–C) groups is 1. The van der Waals surface area contributed by atoms with Crippen molar-refractivity contribution in [3.63, 3.8) is 0 Å². The number of aromatic nitrogens is 3. The van der Waals surface area contributed by atoms with Crippen LogP contribution in [0, 0.1) is 6.92 Å². The number of hydrogen-bond acceptors (Lipinski definition) is 10. The highest BCUT2D eigenvalue weighted by Gasteiger charge is 2.31. The van der Waals surface area contributed by atoms with Gasteiger partial charge in [0.15, 0.2) is 0 Å². The maximum absolute atomic E-state index is 14.0. The summed E-state index contributed by atoms with van der Waals surface area (Å²) < 4.78 is 68.5. The molecule has 0 unspecified atom stereocenters. The summed E-state index contributed by atoms with van der Waals surface area (Å²) in [5, 5.41) is 14.1. The molecule has 2 aromatic heterocycles. The van der Waals surface area contributed by atoms with E-state index in [0.717, 1.165) is 60.1 Å². The predicted octanol–water partition coefficient (Wildman–Crippen LogP) is 8.25. The molecule has 4 amide bonds. The largest absolute Gasteiger partial charge is 0.677 e. The number of alkyl halides is 3. The molecule has 3 aromatic carbocycles. The van der Waals surface area contributed by atoms with Gasteiger partial charge in [0.25, 0.3) is 11.8 Å². The second-order valence-electron chi connectivity index (χ2n) is 16.9. The molecule has 5 aromatic rings. The van der Waals surface area contributed by atoms with Gasteiger partial charge in [-0.1, -0.05) is 24.3 Å². The number of carbonyl (C=O) groups is 4. The number of allylic oxidation sites excluding steroid dienone is 2. The van der Waals surface area contributed by atoms with Crippen LogP contribution in [0.4, 0.5) is 50.5 Å². The topological polar surface area (TPSA) is 178 Å². The molecule has 15 nitrogen and oxygen atoms in total. The van der Waals surface area contributed by atoms with E-state index in [1.54, 1.807) is 61.5 Å². The molecule has 21 heteroatoms. The molecule has 5 N–H and O–H groups in total. The number of nitrogens with one attached hydrogen (secondary N) is 5. The number of aryl methyl sites for hydroxylation is 2. The van der Waals surface area contributed by atoms with Crippen molar-refractivity contribution in [2.75, 3.05) is 67.1 Å². The number of amides is 4. The fourth-order valence-corrected chi connectivity index (χ4v) is 7.87. The normalized spacial score (nSPS) is 14.8. The van der Waals surface area contributed by atoms with Crippen molar-refractivity contribution in [2.24, 2.45) is 4.99 Å². The Labute approximate surface area is 407 Å². The molecule has 0 spiro atoms. The van der Waals surface area contributed by atoms with Gasteiger partial charge in [-0.15, -0.1) is 0 Å². The smallest absolute Gasteiger partial charge is 0.355 e. The van der Waals surface area contributed by atoms with Crippen LogP contribution in [0.25, 0.3) is 6.08 Å². The summed E-state index contributed by atoms with van der Waals surface area (Å²) in [7, 11) is -2.75. The molecule has 0 saturated carbocycles. The van der Waals surface area contributed by atoms with Gasteiger partial charge < -0.3 is 31.1 Å². The van der Waals surface area contributed by atoms with Crippen molar-refractivity contribution in [3.8, 4) is 0 Å². The number of rotatable bonds is 18. The predicted molar refractivity (Wildman–Crippen MR) is 265 cm³/mol. The Balaban J connectivity index is 0.794. The van der Waals surface area contributed by atoms with E-state index in [4.69, 9.17) is 0 Å². The van der Waals surface area contributed by atoms with E-state index in [1.165, 1.54) is 36.7 Å². The van der Waals surface area contributed by atoms with Crippen LogP contribution in [-0.2, 0) is 22.2 Å². The summed E-state index contributed by atoms with van der Waals surface area (Å²) in [5.41, 5.74) is 4.33. The summed E-state index contributed by atoms with van der Waals surface area (Å²) >= 11 is 0. The van der Waals surface area contributed by atoms with Crippen molar-refractivity contribution in [1.29, 1.82) is 0 Å². The minimum absolute atomic E-state index is 0.0862. The molecule has 0 atom stereocenters. The minimum Gasteiger partial charge on any atom is -0.355 e. The summed E-state index contributed by atoms with van der Waals surface area (Å²) in [6.45, 7) is 10.2. The van der Waals surface area contributed by atoms with Gasteiger partial charge >= 0.3 is 13.6 Å². The van der Waals surface area contributed by atoms with Gasteiger partial charge in [-0.05, 0) is 111 Å². The van der Waals surface area contributed by atoms with E-state index in [-0.39, 0.29) is 53.1 Å². The summed E-state index contributed by atoms with van der Waals surface area (Å²) in [4.78, 5) is 68.8. The van der Waals surface area contributed by atoms with Crippen molar-refractivity contribution in [1.82, 2.24) is 29.6 Å². The highest BCUT2D eigenvalue weighted by Crippen LogP contribution is 2.30. The lowest BCUT2D eigenvalue weighted by Gasteiger charge is -2.34. The second-order valence-corrected chi connectivity index (χ2v) is 16.9. The molecule has 2 aliphatic heterocycles. The zero-order valence-electron chi connectivity index (χ0n) is 39.1. The Morgan fingerprint density at radius 2 is 1.48 bits per heavy atom. The van der Waals surface area contributed by atoms with E-state index in [1.807, 2.05) is 19.9 Å². The minimum atomic E-state index is -4.61. The monoisotopic (exact) mass is 975 g/mol. The van der Waals surface area contributed by atoms with Gasteiger partial charge in [-0.25, -0.2) is 9.97 Å². The van der Waals surface area contributed by atoms with E-state index in [2.05, 4.69) is 51.3 Å². The Kier molecular flexibility index (Phi) is 16.7. The van der Waals surface area contributed by atoms with Gasteiger partial charge in [0, 0.05) is 104 Å². The molecule has 1 saturated heterocycles. The Hall–Kier alpha value is -7.78. The number of anilines is 5. The van der Waals surface area contributed by atoms with Crippen molar-refractivity contribution >= 4 is 71.5 Å². The zero-order chi connectivity index (χ0) is 50.7. The first-order valence-electron chi connectivity index (χ1n) is 22.7. The van der Waals surface area contributed by atoms with Crippen LogP contribution in [0.2, 0.25) is 0 Å². The van der Waals surface area contributed by atoms with Gasteiger partial charge in [0.2, 0.25) is 17.8 Å². The molecule has 1 fully saturated rings. The summed E-state index contributed by atoms with van der Waals surface area (Å²) in [6, 6.07) is 18.8.